The van der Waals surface area contributed by atoms with Crippen molar-refractivity contribution < 1.29 is 4.79 Å². The Bertz CT molecular complexity index is 446. The second-order valence-electron chi connectivity index (χ2n) is 5.39. The topological polar surface area (TPSA) is 45.2 Å². The van der Waals surface area contributed by atoms with E-state index >= 15 is 0 Å². The molecule has 106 valence electrons. The monoisotopic (exact) mass is 283 g/mol. The summed E-state index contributed by atoms with van der Waals surface area (Å²) in [5, 5.41) is 3.46. The third-order valence-electron chi connectivity index (χ3n) is 2.92. The summed E-state index contributed by atoms with van der Waals surface area (Å²) in [7, 11) is 3.98. The van der Waals surface area contributed by atoms with Crippen LogP contribution in [0.5, 0.6) is 0 Å². The highest BCUT2D eigenvalue weighted by molar-refractivity contribution is 6.33. The third kappa shape index (κ3) is 4.80. The van der Waals surface area contributed by atoms with Gasteiger partial charge in [0.05, 0.1) is 10.6 Å². The van der Waals surface area contributed by atoms with Crippen molar-refractivity contribution in [3.63, 3.8) is 0 Å². The summed E-state index contributed by atoms with van der Waals surface area (Å²) in [5.41, 5.74) is 1.23. The summed E-state index contributed by atoms with van der Waals surface area (Å²) in [5.74, 6) is 0.182. The van der Waals surface area contributed by atoms with E-state index < -0.39 is 0 Å². The van der Waals surface area contributed by atoms with Crippen molar-refractivity contribution in [2.24, 2.45) is 5.92 Å². The van der Waals surface area contributed by atoms with Gasteiger partial charge < -0.3 is 10.2 Å². The number of carbonyl (C=O) groups excluding carboxylic acids is 1. The van der Waals surface area contributed by atoms with Crippen molar-refractivity contribution in [2.75, 3.05) is 20.6 Å². The molecule has 0 saturated heterocycles. The van der Waals surface area contributed by atoms with E-state index in [1.807, 2.05) is 21.0 Å². The van der Waals surface area contributed by atoms with Crippen LogP contribution in [0.15, 0.2) is 12.3 Å². The second kappa shape index (κ2) is 6.87. The maximum atomic E-state index is 12.2. The van der Waals surface area contributed by atoms with Gasteiger partial charge in [0.2, 0.25) is 0 Å². The predicted octanol–water partition coefficient (Wildman–Crippen LogP) is 2.36. The molecule has 5 heteroatoms. The number of likely N-dealkylation sites (N-methyl/N-ethyl adjacent to an activating group) is 1. The summed E-state index contributed by atoms with van der Waals surface area (Å²) in [6, 6.07) is 1.78. The van der Waals surface area contributed by atoms with E-state index in [9.17, 15) is 4.79 Å². The van der Waals surface area contributed by atoms with Crippen molar-refractivity contribution in [2.45, 2.75) is 26.8 Å². The summed E-state index contributed by atoms with van der Waals surface area (Å²) < 4.78 is 0. The van der Waals surface area contributed by atoms with E-state index in [0.29, 0.717) is 16.5 Å². The van der Waals surface area contributed by atoms with E-state index in [-0.39, 0.29) is 11.9 Å². The van der Waals surface area contributed by atoms with Gasteiger partial charge >= 0.3 is 0 Å². The summed E-state index contributed by atoms with van der Waals surface area (Å²) in [4.78, 5) is 18.4. The van der Waals surface area contributed by atoms with Crippen LogP contribution in [0.2, 0.25) is 5.02 Å². The number of aryl methyl sites for hydroxylation is 1. The number of rotatable bonds is 5. The van der Waals surface area contributed by atoms with E-state index in [2.05, 4.69) is 29.0 Å². The molecular formula is C14H22ClN3O. The molecule has 0 aromatic carbocycles. The highest BCUT2D eigenvalue weighted by Crippen LogP contribution is 2.16. The maximum absolute atomic E-state index is 12.2. The molecule has 1 aromatic rings. The first-order valence-corrected chi connectivity index (χ1v) is 6.76. The van der Waals surface area contributed by atoms with E-state index in [0.717, 1.165) is 12.2 Å². The van der Waals surface area contributed by atoms with Crippen LogP contribution >= 0.6 is 11.6 Å². The molecule has 0 radical (unpaired) electrons. The van der Waals surface area contributed by atoms with Crippen molar-refractivity contribution in [3.8, 4) is 0 Å². The number of aromatic nitrogens is 1. The van der Waals surface area contributed by atoms with Crippen LogP contribution in [0.3, 0.4) is 0 Å². The number of halogens is 1. The molecular weight excluding hydrogens is 262 g/mol. The Morgan fingerprint density at radius 3 is 2.58 bits per heavy atom. The highest BCUT2D eigenvalue weighted by Gasteiger charge is 2.19. The van der Waals surface area contributed by atoms with Gasteiger partial charge in [-0.15, -0.1) is 0 Å². The molecule has 1 rings (SSSR count). The molecule has 4 nitrogen and oxygen atoms in total. The standard InChI is InChI=1S/C14H22ClN3O/c1-9(2)13(8-18(4)5)17-14(19)11-7-16-10(3)6-12(11)15/h6-7,9,13H,8H2,1-5H3,(H,17,19). The average Bonchev–Trinajstić information content (AvgIpc) is 2.26. The zero-order chi connectivity index (χ0) is 14.6. The minimum absolute atomic E-state index is 0.0832. The molecule has 0 aliphatic rings. The lowest BCUT2D eigenvalue weighted by atomic mass is 10.0. The van der Waals surface area contributed by atoms with Crippen LogP contribution < -0.4 is 5.32 Å². The molecule has 0 aliphatic carbocycles. The molecule has 1 unspecified atom stereocenters. The number of pyridine rings is 1. The summed E-state index contributed by atoms with van der Waals surface area (Å²) in [6.07, 6.45) is 1.53. The second-order valence-corrected chi connectivity index (χ2v) is 5.80. The number of hydrogen-bond donors (Lipinski definition) is 1. The van der Waals surface area contributed by atoms with Crippen LogP contribution in [0, 0.1) is 12.8 Å². The first kappa shape index (κ1) is 15.9. The van der Waals surface area contributed by atoms with Gasteiger partial charge in [-0.1, -0.05) is 25.4 Å². The zero-order valence-corrected chi connectivity index (χ0v) is 13.0. The van der Waals surface area contributed by atoms with Crippen molar-refractivity contribution in [1.29, 1.82) is 0 Å². The molecule has 0 spiro atoms. The van der Waals surface area contributed by atoms with Gasteiger partial charge in [0.1, 0.15) is 0 Å². The van der Waals surface area contributed by atoms with Gasteiger partial charge in [-0.25, -0.2) is 0 Å². The third-order valence-corrected chi connectivity index (χ3v) is 3.23. The normalized spacial score (nSPS) is 12.8. The predicted molar refractivity (Wildman–Crippen MR) is 78.6 cm³/mol. The number of carbonyl (C=O) groups is 1. The van der Waals surface area contributed by atoms with Crippen LogP contribution in [0.4, 0.5) is 0 Å². The van der Waals surface area contributed by atoms with Crippen LogP contribution in [0.25, 0.3) is 0 Å². The Labute approximate surface area is 120 Å². The molecule has 0 fully saturated rings. The fourth-order valence-electron chi connectivity index (χ4n) is 1.76. The van der Waals surface area contributed by atoms with Gasteiger partial charge in [0.25, 0.3) is 5.91 Å². The van der Waals surface area contributed by atoms with E-state index in [1.165, 1.54) is 6.20 Å². The number of hydrogen-bond acceptors (Lipinski definition) is 3. The van der Waals surface area contributed by atoms with Crippen LogP contribution in [0.1, 0.15) is 29.9 Å². The molecule has 0 saturated carbocycles. The zero-order valence-electron chi connectivity index (χ0n) is 12.2. The van der Waals surface area contributed by atoms with E-state index in [1.54, 1.807) is 6.07 Å². The molecule has 19 heavy (non-hydrogen) atoms. The summed E-state index contributed by atoms with van der Waals surface area (Å²) in [6.45, 7) is 6.81. The Morgan fingerprint density at radius 2 is 2.11 bits per heavy atom. The Hall–Kier alpha value is -1.13. The molecule has 0 bridgehead atoms. The molecule has 1 aromatic heterocycles. The lowest BCUT2D eigenvalue weighted by Crippen LogP contribution is -2.45. The highest BCUT2D eigenvalue weighted by atomic mass is 35.5. The van der Waals surface area contributed by atoms with Crippen molar-refractivity contribution >= 4 is 17.5 Å². The molecule has 1 N–H and O–H groups in total. The SMILES string of the molecule is Cc1cc(Cl)c(C(=O)NC(CN(C)C)C(C)C)cn1. The Balaban J connectivity index is 2.81. The largest absolute Gasteiger partial charge is 0.348 e. The smallest absolute Gasteiger partial charge is 0.254 e. The Kier molecular flexibility index (Phi) is 5.76. The lowest BCUT2D eigenvalue weighted by molar-refractivity contribution is 0.0916. The van der Waals surface area contributed by atoms with Crippen molar-refractivity contribution in [1.82, 2.24) is 15.2 Å². The maximum Gasteiger partial charge on any atom is 0.254 e. The Morgan fingerprint density at radius 1 is 1.47 bits per heavy atom. The molecule has 0 aliphatic heterocycles. The fraction of sp³-hybridized carbons (Fsp3) is 0.571. The van der Waals surface area contributed by atoms with Gasteiger partial charge in [-0.05, 0) is 33.0 Å². The first-order chi connectivity index (χ1) is 8.81. The number of nitrogens with zero attached hydrogens (tertiary/aromatic N) is 2. The van der Waals surface area contributed by atoms with E-state index in [4.69, 9.17) is 11.6 Å². The molecule has 1 heterocycles. The lowest BCUT2D eigenvalue weighted by Gasteiger charge is -2.25. The summed E-state index contributed by atoms with van der Waals surface area (Å²) >= 11 is 6.08. The van der Waals surface area contributed by atoms with Crippen molar-refractivity contribution in [3.05, 3.63) is 28.5 Å². The molecule has 1 amide bonds. The number of amides is 1. The van der Waals surface area contributed by atoms with Crippen LogP contribution in [-0.2, 0) is 0 Å². The molecule has 1 atom stereocenters. The first-order valence-electron chi connectivity index (χ1n) is 6.39. The minimum Gasteiger partial charge on any atom is -0.348 e. The number of nitrogens with one attached hydrogen (secondary N) is 1. The van der Waals surface area contributed by atoms with Gasteiger partial charge in [0, 0.05) is 24.5 Å². The minimum atomic E-state index is -0.168. The van der Waals surface area contributed by atoms with Gasteiger partial charge in [-0.3, -0.25) is 9.78 Å². The van der Waals surface area contributed by atoms with Crippen LogP contribution in [-0.4, -0.2) is 42.5 Å². The van der Waals surface area contributed by atoms with Gasteiger partial charge in [0.15, 0.2) is 0 Å². The average molecular weight is 284 g/mol. The fourth-order valence-corrected chi connectivity index (χ4v) is 2.05. The van der Waals surface area contributed by atoms with Gasteiger partial charge in [-0.2, -0.15) is 0 Å². The quantitative estimate of drug-likeness (QED) is 0.902.